The molecule has 0 amide bonds. The van der Waals surface area contributed by atoms with Gasteiger partial charge in [0, 0.05) is 33.4 Å². The lowest BCUT2D eigenvalue weighted by Gasteiger charge is -2.45. The average Bonchev–Trinajstić information content (AvgIpc) is 3.15. The van der Waals surface area contributed by atoms with Gasteiger partial charge in [-0.2, -0.15) is 9.61 Å². The fraction of sp³-hybridized carbons (Fsp3) is 0.375. The van der Waals surface area contributed by atoms with Crippen molar-refractivity contribution >= 4 is 28.3 Å². The number of hydrogen-bond acceptors (Lipinski definition) is 8. The number of likely N-dealkylation sites (N-methyl/N-ethyl adjacent to an activating group) is 1. The Labute approximate surface area is 149 Å². The summed E-state index contributed by atoms with van der Waals surface area (Å²) in [5.41, 5.74) is 1.48. The van der Waals surface area contributed by atoms with E-state index in [4.69, 9.17) is 0 Å². The molecule has 1 fully saturated rings. The third-order valence-corrected chi connectivity index (χ3v) is 4.88. The van der Waals surface area contributed by atoms with Gasteiger partial charge < -0.3 is 9.80 Å². The van der Waals surface area contributed by atoms with Gasteiger partial charge in [0.2, 0.25) is 0 Å². The molecule has 0 atom stereocenters. The van der Waals surface area contributed by atoms with Crippen LogP contribution in [0.5, 0.6) is 0 Å². The van der Waals surface area contributed by atoms with Crippen molar-refractivity contribution < 1.29 is 0 Å². The van der Waals surface area contributed by atoms with Crippen molar-refractivity contribution in [1.29, 1.82) is 0 Å². The molecular formula is C16H18N10. The summed E-state index contributed by atoms with van der Waals surface area (Å²) in [6.45, 7) is 3.65. The largest absolute Gasteiger partial charge is 0.352 e. The van der Waals surface area contributed by atoms with Crippen LogP contribution in [0, 0.1) is 6.92 Å². The highest BCUT2D eigenvalue weighted by molar-refractivity contribution is 5.86. The van der Waals surface area contributed by atoms with Gasteiger partial charge in [-0.25, -0.2) is 9.97 Å². The Morgan fingerprint density at radius 2 is 1.96 bits per heavy atom. The van der Waals surface area contributed by atoms with Crippen LogP contribution >= 0.6 is 0 Å². The Hall–Kier alpha value is -3.30. The number of aromatic nitrogens is 8. The topological polar surface area (TPSA) is 93.2 Å². The molecule has 0 N–H and O–H groups in total. The normalized spacial score (nSPS) is 15.0. The Balaban J connectivity index is 1.37. The summed E-state index contributed by atoms with van der Waals surface area (Å²) in [7, 11) is 3.96. The van der Waals surface area contributed by atoms with Crippen molar-refractivity contribution in [2.24, 2.45) is 7.05 Å². The van der Waals surface area contributed by atoms with Crippen molar-refractivity contribution in [2.45, 2.75) is 13.0 Å². The second kappa shape index (κ2) is 5.35. The summed E-state index contributed by atoms with van der Waals surface area (Å²) < 4.78 is 3.54. The van der Waals surface area contributed by atoms with E-state index in [1.807, 2.05) is 32.3 Å². The molecule has 0 saturated carbocycles. The van der Waals surface area contributed by atoms with Gasteiger partial charge in [0.1, 0.15) is 18.0 Å². The van der Waals surface area contributed by atoms with Gasteiger partial charge in [0.25, 0.3) is 0 Å². The smallest absolute Gasteiger partial charge is 0.186 e. The van der Waals surface area contributed by atoms with Gasteiger partial charge in [0.15, 0.2) is 17.1 Å². The molecule has 5 heterocycles. The van der Waals surface area contributed by atoms with E-state index in [9.17, 15) is 0 Å². The molecule has 4 aromatic heterocycles. The highest BCUT2D eigenvalue weighted by Crippen LogP contribution is 2.27. The van der Waals surface area contributed by atoms with Gasteiger partial charge in [-0.1, -0.05) is 0 Å². The van der Waals surface area contributed by atoms with E-state index in [-0.39, 0.29) is 0 Å². The van der Waals surface area contributed by atoms with Crippen LogP contribution in [0.2, 0.25) is 0 Å². The van der Waals surface area contributed by atoms with Crippen LogP contribution in [0.1, 0.15) is 5.82 Å². The van der Waals surface area contributed by atoms with E-state index >= 15 is 0 Å². The fourth-order valence-corrected chi connectivity index (χ4v) is 3.33. The lowest BCUT2D eigenvalue weighted by atomic mass is 10.1. The highest BCUT2D eigenvalue weighted by Gasteiger charge is 2.33. The molecule has 0 aliphatic carbocycles. The van der Waals surface area contributed by atoms with Crippen LogP contribution < -0.4 is 9.80 Å². The zero-order chi connectivity index (χ0) is 17.8. The predicted molar refractivity (Wildman–Crippen MR) is 96.2 cm³/mol. The first-order chi connectivity index (χ1) is 12.6. The molecule has 5 rings (SSSR count). The quantitative estimate of drug-likeness (QED) is 0.525. The predicted octanol–water partition coefficient (Wildman–Crippen LogP) is 0.434. The Morgan fingerprint density at radius 1 is 1.12 bits per heavy atom. The third kappa shape index (κ3) is 2.18. The number of hydrogen-bond donors (Lipinski definition) is 0. The Kier molecular flexibility index (Phi) is 3.08. The molecule has 1 aliphatic rings. The number of nitrogens with zero attached hydrogens (tertiary/aromatic N) is 10. The van der Waals surface area contributed by atoms with Crippen molar-refractivity contribution in [3.05, 3.63) is 30.5 Å². The highest BCUT2D eigenvalue weighted by atomic mass is 15.4. The molecule has 26 heavy (non-hydrogen) atoms. The van der Waals surface area contributed by atoms with Gasteiger partial charge in [0.05, 0.1) is 11.4 Å². The van der Waals surface area contributed by atoms with Gasteiger partial charge in [-0.15, -0.1) is 15.3 Å². The van der Waals surface area contributed by atoms with Gasteiger partial charge in [-0.05, 0) is 19.1 Å². The summed E-state index contributed by atoms with van der Waals surface area (Å²) in [5, 5.41) is 18.1. The zero-order valence-electron chi connectivity index (χ0n) is 14.8. The number of fused-ring (bicyclic) bond motifs is 2. The molecule has 4 aromatic rings. The number of anilines is 2. The summed E-state index contributed by atoms with van der Waals surface area (Å²) in [5.74, 6) is 2.63. The first kappa shape index (κ1) is 15.0. The Morgan fingerprint density at radius 3 is 2.81 bits per heavy atom. The summed E-state index contributed by atoms with van der Waals surface area (Å²) in [6, 6.07) is 4.29. The van der Waals surface area contributed by atoms with Crippen molar-refractivity contribution in [1.82, 2.24) is 39.6 Å². The van der Waals surface area contributed by atoms with Crippen molar-refractivity contribution in [3.63, 3.8) is 0 Å². The minimum absolute atomic E-state index is 0.354. The average molecular weight is 350 g/mol. The molecule has 1 saturated heterocycles. The van der Waals surface area contributed by atoms with Gasteiger partial charge in [-0.3, -0.25) is 4.68 Å². The van der Waals surface area contributed by atoms with Crippen LogP contribution in [-0.2, 0) is 7.05 Å². The second-order valence-corrected chi connectivity index (χ2v) is 6.62. The lowest BCUT2D eigenvalue weighted by molar-refractivity contribution is 0.487. The lowest BCUT2D eigenvalue weighted by Crippen LogP contribution is -2.59. The number of rotatable bonds is 3. The molecule has 0 radical (unpaired) electrons. The summed E-state index contributed by atoms with van der Waals surface area (Å²) in [4.78, 5) is 13.1. The van der Waals surface area contributed by atoms with Crippen LogP contribution in [0.3, 0.4) is 0 Å². The molecule has 0 bridgehead atoms. The van der Waals surface area contributed by atoms with Crippen LogP contribution in [0.15, 0.2) is 24.7 Å². The van der Waals surface area contributed by atoms with Crippen LogP contribution in [-0.4, -0.2) is 65.7 Å². The minimum Gasteiger partial charge on any atom is -0.352 e. The van der Waals surface area contributed by atoms with E-state index in [0.29, 0.717) is 6.04 Å². The molecular weight excluding hydrogens is 332 g/mol. The molecule has 10 heteroatoms. The van der Waals surface area contributed by atoms with E-state index in [1.54, 1.807) is 15.5 Å². The molecule has 132 valence electrons. The summed E-state index contributed by atoms with van der Waals surface area (Å²) in [6.07, 6.45) is 3.53. The third-order valence-electron chi connectivity index (χ3n) is 4.88. The molecule has 0 unspecified atom stereocenters. The number of aryl methyl sites for hydroxylation is 2. The Bertz CT molecular complexity index is 1110. The van der Waals surface area contributed by atoms with Crippen LogP contribution in [0.4, 0.5) is 11.6 Å². The monoisotopic (exact) mass is 350 g/mol. The second-order valence-electron chi connectivity index (χ2n) is 6.62. The van der Waals surface area contributed by atoms with Crippen molar-refractivity contribution in [2.75, 3.05) is 29.9 Å². The SMILES string of the molecule is Cc1nnc2ccc(N3CC(N(C)c4ncnc5nn(C)cc45)C3)nn12. The molecule has 10 nitrogen and oxygen atoms in total. The first-order valence-corrected chi connectivity index (χ1v) is 8.41. The zero-order valence-corrected chi connectivity index (χ0v) is 14.8. The summed E-state index contributed by atoms with van der Waals surface area (Å²) >= 11 is 0. The van der Waals surface area contributed by atoms with E-state index in [2.05, 4.69) is 47.2 Å². The maximum atomic E-state index is 4.64. The first-order valence-electron chi connectivity index (χ1n) is 8.41. The maximum Gasteiger partial charge on any atom is 0.186 e. The fourth-order valence-electron chi connectivity index (χ4n) is 3.33. The van der Waals surface area contributed by atoms with Crippen LogP contribution in [0.25, 0.3) is 16.7 Å². The standard InChI is InChI=1S/C16H18N10/c1-10-19-20-13-4-5-14(21-26(10)13)25-6-11(7-25)24(3)16-12-8-23(2)22-15(12)17-9-18-16/h4-5,8-9,11H,6-7H2,1-3H3. The van der Waals surface area contributed by atoms with Crippen molar-refractivity contribution in [3.8, 4) is 0 Å². The maximum absolute atomic E-state index is 4.64. The molecule has 1 aliphatic heterocycles. The van der Waals surface area contributed by atoms with Gasteiger partial charge >= 0.3 is 0 Å². The van der Waals surface area contributed by atoms with E-state index in [1.165, 1.54) is 0 Å². The van der Waals surface area contributed by atoms with E-state index < -0.39 is 0 Å². The molecule has 0 aromatic carbocycles. The van der Waals surface area contributed by atoms with E-state index in [0.717, 1.165) is 47.2 Å². The minimum atomic E-state index is 0.354. The molecule has 0 spiro atoms.